The number of carbonyl (C=O) groups is 2. The van der Waals surface area contributed by atoms with Gasteiger partial charge in [0, 0.05) is 22.6 Å². The molecule has 0 aliphatic heterocycles. The van der Waals surface area contributed by atoms with Crippen LogP contribution >= 0.6 is 23.2 Å². The second-order valence-electron chi connectivity index (χ2n) is 9.56. The molecule has 3 aromatic rings. The van der Waals surface area contributed by atoms with Gasteiger partial charge in [0.1, 0.15) is 12.6 Å². The highest BCUT2D eigenvalue weighted by atomic mass is 35.5. The van der Waals surface area contributed by atoms with E-state index in [0.717, 1.165) is 9.87 Å². The minimum atomic E-state index is -4.13. The molecule has 214 valence electrons. The first-order valence-corrected chi connectivity index (χ1v) is 15.4. The number of aryl methyl sites for hydroxylation is 1. The number of para-hydroxylation sites is 1. The van der Waals surface area contributed by atoms with E-state index in [1.165, 1.54) is 17.0 Å². The fraction of sp³-hybridized carbons (Fsp3) is 0.333. The number of halogens is 2. The number of nitrogens with one attached hydrogen (secondary N) is 1. The van der Waals surface area contributed by atoms with Crippen LogP contribution in [0.15, 0.2) is 77.7 Å². The third kappa shape index (κ3) is 7.56. The largest absolute Gasteiger partial charge is 0.352 e. The molecule has 10 heteroatoms. The van der Waals surface area contributed by atoms with Gasteiger partial charge in [-0.15, -0.1) is 0 Å². The van der Waals surface area contributed by atoms with Crippen LogP contribution in [-0.2, 0) is 32.6 Å². The highest BCUT2D eigenvalue weighted by Crippen LogP contribution is 2.29. The Morgan fingerprint density at radius 3 is 2.17 bits per heavy atom. The smallest absolute Gasteiger partial charge is 0.264 e. The number of rotatable bonds is 12. The summed E-state index contributed by atoms with van der Waals surface area (Å²) < 4.78 is 29.0. The zero-order chi connectivity index (χ0) is 29.4. The van der Waals surface area contributed by atoms with Crippen molar-refractivity contribution in [3.05, 3.63) is 94.0 Å². The molecule has 0 aromatic heterocycles. The van der Waals surface area contributed by atoms with Crippen molar-refractivity contribution < 1.29 is 18.0 Å². The maximum Gasteiger partial charge on any atom is 0.264 e. The normalized spacial score (nSPS) is 12.8. The number of hydrogen-bond donors (Lipinski definition) is 1. The number of sulfonamides is 1. The summed E-state index contributed by atoms with van der Waals surface area (Å²) in [6, 6.07) is 19.0. The zero-order valence-corrected chi connectivity index (χ0v) is 25.4. The third-order valence-corrected chi connectivity index (χ3v) is 9.14. The van der Waals surface area contributed by atoms with Crippen LogP contribution in [0.25, 0.3) is 0 Å². The van der Waals surface area contributed by atoms with Gasteiger partial charge in [-0.2, -0.15) is 0 Å². The number of carbonyl (C=O) groups excluding carboxylic acids is 2. The first-order valence-electron chi connectivity index (χ1n) is 13.2. The van der Waals surface area contributed by atoms with Crippen LogP contribution in [-0.4, -0.2) is 43.8 Å². The molecule has 0 unspecified atom stereocenters. The van der Waals surface area contributed by atoms with E-state index < -0.39 is 28.5 Å². The number of amides is 2. The lowest BCUT2D eigenvalue weighted by Crippen LogP contribution is -2.52. The van der Waals surface area contributed by atoms with Crippen LogP contribution < -0.4 is 9.62 Å². The van der Waals surface area contributed by atoms with Crippen molar-refractivity contribution >= 4 is 50.7 Å². The first kappa shape index (κ1) is 31.5. The maximum absolute atomic E-state index is 14.1. The molecule has 3 aromatic carbocycles. The third-order valence-electron chi connectivity index (χ3n) is 6.78. The van der Waals surface area contributed by atoms with E-state index in [9.17, 15) is 18.0 Å². The van der Waals surface area contributed by atoms with Gasteiger partial charge in [0.25, 0.3) is 10.0 Å². The molecule has 0 bridgehead atoms. The fourth-order valence-electron chi connectivity index (χ4n) is 4.17. The Bertz CT molecular complexity index is 1430. The van der Waals surface area contributed by atoms with Crippen LogP contribution in [0.5, 0.6) is 0 Å². The Kier molecular flexibility index (Phi) is 11.0. The SMILES string of the molecule is CCc1ccccc1N(CC(=O)N(Cc1ccc(Cl)cc1Cl)[C@@H](C)C(=O)N[C@@H](C)CC)S(=O)(=O)c1ccccc1. The van der Waals surface area contributed by atoms with E-state index in [-0.39, 0.29) is 23.4 Å². The molecule has 2 atom stereocenters. The zero-order valence-electron chi connectivity index (χ0n) is 23.1. The molecule has 0 aliphatic rings. The molecular formula is C30H35Cl2N3O4S. The highest BCUT2D eigenvalue weighted by Gasteiger charge is 2.33. The van der Waals surface area contributed by atoms with Gasteiger partial charge >= 0.3 is 0 Å². The van der Waals surface area contributed by atoms with Crippen LogP contribution in [0.1, 0.15) is 45.2 Å². The average molecular weight is 605 g/mol. The Morgan fingerprint density at radius 1 is 0.900 bits per heavy atom. The second-order valence-corrected chi connectivity index (χ2v) is 12.3. The lowest BCUT2D eigenvalue weighted by molar-refractivity contribution is -0.139. The predicted octanol–water partition coefficient (Wildman–Crippen LogP) is 6.08. The van der Waals surface area contributed by atoms with Crippen LogP contribution in [0, 0.1) is 0 Å². The van der Waals surface area contributed by atoms with E-state index in [4.69, 9.17) is 23.2 Å². The van der Waals surface area contributed by atoms with Crippen LogP contribution in [0.2, 0.25) is 10.0 Å². The van der Waals surface area contributed by atoms with Crippen molar-refractivity contribution in [3.8, 4) is 0 Å². The molecule has 1 N–H and O–H groups in total. The minimum Gasteiger partial charge on any atom is -0.352 e. The molecule has 2 amide bonds. The van der Waals surface area contributed by atoms with Gasteiger partial charge in [-0.05, 0) is 68.1 Å². The monoisotopic (exact) mass is 603 g/mol. The van der Waals surface area contributed by atoms with Gasteiger partial charge in [-0.3, -0.25) is 13.9 Å². The van der Waals surface area contributed by atoms with Crippen molar-refractivity contribution in [2.75, 3.05) is 10.8 Å². The topological polar surface area (TPSA) is 86.8 Å². The molecule has 7 nitrogen and oxygen atoms in total. The fourth-order valence-corrected chi connectivity index (χ4v) is 6.11. The summed E-state index contributed by atoms with van der Waals surface area (Å²) in [5.74, 6) is -0.901. The number of hydrogen-bond acceptors (Lipinski definition) is 4. The van der Waals surface area contributed by atoms with Gasteiger partial charge in [0.05, 0.1) is 10.6 Å². The molecule has 40 heavy (non-hydrogen) atoms. The lowest BCUT2D eigenvalue weighted by Gasteiger charge is -2.33. The Labute approximate surface area is 247 Å². The number of benzene rings is 3. The summed E-state index contributed by atoms with van der Waals surface area (Å²) in [6.45, 7) is 6.84. The molecule has 0 saturated heterocycles. The summed E-state index contributed by atoms with van der Waals surface area (Å²) in [7, 11) is -4.13. The first-order chi connectivity index (χ1) is 19.0. The van der Waals surface area contributed by atoms with Crippen molar-refractivity contribution in [3.63, 3.8) is 0 Å². The molecule has 0 spiro atoms. The standard InChI is InChI=1S/C30H35Cl2N3O4S/c1-5-21(3)33-30(37)22(4)34(19-24-16-17-25(31)18-27(24)32)29(36)20-35(28-15-11-10-12-23(28)6-2)40(38,39)26-13-8-7-9-14-26/h7-18,21-22H,5-6,19-20H2,1-4H3,(H,33,37)/t21-,22-/m0/s1. The van der Waals surface area contributed by atoms with Gasteiger partial charge in [0.2, 0.25) is 11.8 Å². The van der Waals surface area contributed by atoms with Gasteiger partial charge in [-0.1, -0.05) is 79.5 Å². The van der Waals surface area contributed by atoms with Crippen LogP contribution in [0.4, 0.5) is 5.69 Å². The summed E-state index contributed by atoms with van der Waals surface area (Å²) in [5, 5.41) is 3.69. The maximum atomic E-state index is 14.1. The lowest BCUT2D eigenvalue weighted by atomic mass is 10.1. The van der Waals surface area contributed by atoms with E-state index in [2.05, 4.69) is 5.32 Å². The summed E-state index contributed by atoms with van der Waals surface area (Å²) >= 11 is 12.5. The van der Waals surface area contributed by atoms with Crippen molar-refractivity contribution in [2.24, 2.45) is 0 Å². The van der Waals surface area contributed by atoms with Gasteiger partial charge < -0.3 is 10.2 Å². The van der Waals surface area contributed by atoms with Gasteiger partial charge in [0.15, 0.2) is 0 Å². The van der Waals surface area contributed by atoms with Crippen LogP contribution in [0.3, 0.4) is 0 Å². The Morgan fingerprint density at radius 2 is 1.55 bits per heavy atom. The van der Waals surface area contributed by atoms with Crippen molar-refractivity contribution in [2.45, 2.75) is 64.1 Å². The summed E-state index contributed by atoms with van der Waals surface area (Å²) in [5.41, 5.74) is 1.75. The van der Waals surface area contributed by atoms with Gasteiger partial charge in [-0.25, -0.2) is 8.42 Å². The highest BCUT2D eigenvalue weighted by molar-refractivity contribution is 7.92. The molecule has 0 aliphatic carbocycles. The summed E-state index contributed by atoms with van der Waals surface area (Å²) in [4.78, 5) is 28.6. The molecule has 0 saturated carbocycles. The second kappa shape index (κ2) is 14.0. The molecule has 0 heterocycles. The average Bonchev–Trinajstić information content (AvgIpc) is 2.95. The Hall–Kier alpha value is -3.07. The van der Waals surface area contributed by atoms with E-state index in [0.29, 0.717) is 34.1 Å². The molecular weight excluding hydrogens is 569 g/mol. The van der Waals surface area contributed by atoms with Crippen molar-refractivity contribution in [1.82, 2.24) is 10.2 Å². The van der Waals surface area contributed by atoms with E-state index in [1.54, 1.807) is 55.5 Å². The molecule has 3 rings (SSSR count). The quantitative estimate of drug-likeness (QED) is 0.272. The number of anilines is 1. The van der Waals surface area contributed by atoms with E-state index >= 15 is 0 Å². The van der Waals surface area contributed by atoms with Crippen molar-refractivity contribution in [1.29, 1.82) is 0 Å². The molecule has 0 fully saturated rings. The number of nitrogens with zero attached hydrogens (tertiary/aromatic N) is 2. The Balaban J connectivity index is 2.07. The minimum absolute atomic E-state index is 0.0153. The summed E-state index contributed by atoms with van der Waals surface area (Å²) in [6.07, 6.45) is 1.27. The van der Waals surface area contributed by atoms with E-state index in [1.807, 2.05) is 32.9 Å². The molecule has 0 radical (unpaired) electrons. The predicted molar refractivity (Wildman–Crippen MR) is 161 cm³/mol.